The van der Waals surface area contributed by atoms with Crippen LogP contribution in [0, 0.1) is 11.8 Å². The zero-order valence-electron chi connectivity index (χ0n) is 40.2. The fraction of sp³-hybridized carbons (Fsp3) is 0.962. The number of aliphatic hydroxyl groups excluding tert-OH is 1. The van der Waals surface area contributed by atoms with Gasteiger partial charge >= 0.3 is 5.97 Å². The Labute approximate surface area is 368 Å². The van der Waals surface area contributed by atoms with E-state index >= 15 is 0 Å². The minimum atomic E-state index is -0.00663. The maximum atomic E-state index is 12.9. The number of carbonyl (C=O) groups is 2. The lowest BCUT2D eigenvalue weighted by Crippen LogP contribution is -2.45. The average Bonchev–Trinajstić information content (AvgIpc) is 3.21. The normalized spacial score (nSPS) is 14.2. The van der Waals surface area contributed by atoms with Crippen molar-refractivity contribution in [1.29, 1.82) is 0 Å². The van der Waals surface area contributed by atoms with Crippen molar-refractivity contribution in [3.8, 4) is 0 Å². The Morgan fingerprint density at radius 3 is 1.49 bits per heavy atom. The molecule has 1 aliphatic carbocycles. The number of aliphatic hydroxyl groups is 1. The van der Waals surface area contributed by atoms with Gasteiger partial charge in [0.25, 0.3) is 0 Å². The van der Waals surface area contributed by atoms with Gasteiger partial charge in [0.05, 0.1) is 13.2 Å². The third-order valence-electron chi connectivity index (χ3n) is 13.3. The molecule has 7 heteroatoms. The second-order valence-electron chi connectivity index (χ2n) is 18.8. The van der Waals surface area contributed by atoms with Gasteiger partial charge in [-0.05, 0) is 89.1 Å². The van der Waals surface area contributed by atoms with E-state index in [0.29, 0.717) is 37.3 Å². The number of carbonyl (C=O) groups excluding carboxylic acids is 2. The lowest BCUT2D eigenvalue weighted by molar-refractivity contribution is -0.145. The summed E-state index contributed by atoms with van der Waals surface area (Å²) in [5.74, 6) is 1.38. The lowest BCUT2D eigenvalue weighted by atomic mass is 9.91. The predicted octanol–water partition coefficient (Wildman–Crippen LogP) is 13.6. The molecule has 0 spiro atoms. The zero-order valence-corrected chi connectivity index (χ0v) is 40.2. The van der Waals surface area contributed by atoms with Crippen molar-refractivity contribution in [3.05, 3.63) is 0 Å². The van der Waals surface area contributed by atoms with Crippen LogP contribution in [0.15, 0.2) is 0 Å². The molecule has 59 heavy (non-hydrogen) atoms. The van der Waals surface area contributed by atoms with Crippen LogP contribution >= 0.6 is 0 Å². The molecule has 0 aromatic rings. The number of ether oxygens (including phenoxy) is 1. The summed E-state index contributed by atoms with van der Waals surface area (Å²) in [5, 5.41) is 13.1. The Morgan fingerprint density at radius 1 is 0.542 bits per heavy atom. The fourth-order valence-corrected chi connectivity index (χ4v) is 8.98. The van der Waals surface area contributed by atoms with Gasteiger partial charge in [-0.1, -0.05) is 175 Å². The van der Waals surface area contributed by atoms with Crippen LogP contribution in [0.3, 0.4) is 0 Å². The minimum Gasteiger partial charge on any atom is -0.465 e. The Hall–Kier alpha value is -1.18. The molecule has 2 N–H and O–H groups in total. The Morgan fingerprint density at radius 2 is 1.00 bits per heavy atom. The van der Waals surface area contributed by atoms with Crippen molar-refractivity contribution in [2.24, 2.45) is 11.8 Å². The summed E-state index contributed by atoms with van der Waals surface area (Å²) in [4.78, 5) is 30.8. The summed E-state index contributed by atoms with van der Waals surface area (Å²) < 4.78 is 5.88. The molecule has 1 rings (SSSR count). The predicted molar refractivity (Wildman–Crippen MR) is 254 cm³/mol. The van der Waals surface area contributed by atoms with Crippen molar-refractivity contribution >= 4 is 11.9 Å². The summed E-state index contributed by atoms with van der Waals surface area (Å²) in [6.45, 7) is 15.7. The molecule has 0 bridgehead atoms. The second-order valence-corrected chi connectivity index (χ2v) is 18.8. The summed E-state index contributed by atoms with van der Waals surface area (Å²) in [7, 11) is 0. The van der Waals surface area contributed by atoms with E-state index in [1.165, 1.54) is 173 Å². The van der Waals surface area contributed by atoms with Crippen molar-refractivity contribution in [3.63, 3.8) is 0 Å². The van der Waals surface area contributed by atoms with E-state index in [4.69, 9.17) is 4.74 Å². The van der Waals surface area contributed by atoms with E-state index < -0.39 is 0 Å². The molecule has 350 valence electrons. The number of nitrogens with one attached hydrogen (secondary N) is 1. The molecular formula is C52H103N3O4. The molecule has 0 aliphatic heterocycles. The van der Waals surface area contributed by atoms with Crippen LogP contribution in [0.5, 0.6) is 0 Å². The monoisotopic (exact) mass is 834 g/mol. The van der Waals surface area contributed by atoms with Crippen molar-refractivity contribution < 1.29 is 19.4 Å². The number of hydrogen-bond acceptors (Lipinski definition) is 6. The number of nitrogens with zero attached hydrogens (tertiary/aromatic N) is 2. The number of hydrogen-bond donors (Lipinski definition) is 2. The number of amides is 1. The Bertz CT molecular complexity index is 856. The zero-order chi connectivity index (χ0) is 42.9. The van der Waals surface area contributed by atoms with Gasteiger partial charge in [-0.25, -0.2) is 0 Å². The molecule has 0 heterocycles. The van der Waals surface area contributed by atoms with Crippen LogP contribution in [-0.4, -0.2) is 85.3 Å². The first-order valence-corrected chi connectivity index (χ1v) is 26.5. The van der Waals surface area contributed by atoms with Crippen LogP contribution in [0.4, 0.5) is 0 Å². The first-order valence-electron chi connectivity index (χ1n) is 26.5. The van der Waals surface area contributed by atoms with E-state index in [0.717, 1.165) is 77.8 Å². The SMILES string of the molecule is CCCCCCCCC(CCCCCC)CNC(=O)CCCCCN(CCCCCC(=O)OCC(CCCCCC)CCCCCCCC)CCN(CCO)C1CCC1. The second kappa shape index (κ2) is 42.1. The third kappa shape index (κ3) is 34.0. The lowest BCUT2D eigenvalue weighted by Gasteiger charge is -2.38. The van der Waals surface area contributed by atoms with Gasteiger partial charge in [-0.15, -0.1) is 0 Å². The van der Waals surface area contributed by atoms with Crippen LogP contribution in [0.1, 0.15) is 252 Å². The summed E-state index contributed by atoms with van der Waals surface area (Å²) >= 11 is 0. The van der Waals surface area contributed by atoms with Gasteiger partial charge in [-0.3, -0.25) is 14.5 Å². The molecule has 2 unspecified atom stereocenters. The van der Waals surface area contributed by atoms with Gasteiger partial charge in [0.1, 0.15) is 0 Å². The molecule has 0 aromatic heterocycles. The fourth-order valence-electron chi connectivity index (χ4n) is 8.98. The van der Waals surface area contributed by atoms with Gasteiger partial charge in [0, 0.05) is 45.1 Å². The molecule has 2 atom stereocenters. The molecule has 7 nitrogen and oxygen atoms in total. The van der Waals surface area contributed by atoms with E-state index in [-0.39, 0.29) is 18.5 Å². The third-order valence-corrected chi connectivity index (χ3v) is 13.3. The topological polar surface area (TPSA) is 82.1 Å². The number of unbranched alkanes of at least 4 members (excludes halogenated alkanes) is 20. The summed E-state index contributed by atoms with van der Waals surface area (Å²) in [5.41, 5.74) is 0. The smallest absolute Gasteiger partial charge is 0.305 e. The van der Waals surface area contributed by atoms with Gasteiger partial charge in [-0.2, -0.15) is 0 Å². The largest absolute Gasteiger partial charge is 0.465 e. The first-order chi connectivity index (χ1) is 29.0. The Kier molecular flexibility index (Phi) is 39.9. The van der Waals surface area contributed by atoms with Crippen molar-refractivity contribution in [2.45, 2.75) is 258 Å². The maximum Gasteiger partial charge on any atom is 0.305 e. The highest BCUT2D eigenvalue weighted by Gasteiger charge is 2.24. The summed E-state index contributed by atoms with van der Waals surface area (Å²) in [6, 6.07) is 0.636. The van der Waals surface area contributed by atoms with Crippen LogP contribution < -0.4 is 5.32 Å². The van der Waals surface area contributed by atoms with Crippen LogP contribution in [0.25, 0.3) is 0 Å². The molecule has 1 amide bonds. The highest BCUT2D eigenvalue weighted by molar-refractivity contribution is 5.75. The molecule has 0 saturated heterocycles. The number of rotatable bonds is 46. The standard InChI is InChI=1S/C52H103N3O4/c1-5-9-13-17-19-25-33-48(32-23-15-11-7-3)46-53-51(57)38-27-21-29-40-54(42-43-55(44-45-56)50-36-31-37-50)41-30-22-28-39-52(58)59-47-49(34-24-16-12-8-4)35-26-20-18-14-10-6-2/h48-50,56H,5-47H2,1-4H3,(H,53,57). The molecule has 0 radical (unpaired) electrons. The molecule has 1 fully saturated rings. The minimum absolute atomic E-state index is 0.00663. The van der Waals surface area contributed by atoms with Gasteiger partial charge in [0.15, 0.2) is 0 Å². The molecule has 0 aromatic carbocycles. The molecule has 1 saturated carbocycles. The van der Waals surface area contributed by atoms with Crippen LogP contribution in [0.2, 0.25) is 0 Å². The highest BCUT2D eigenvalue weighted by Crippen LogP contribution is 2.25. The summed E-state index contributed by atoms with van der Waals surface area (Å²) in [6.07, 6.45) is 42.4. The maximum absolute atomic E-state index is 12.9. The number of esters is 1. The van der Waals surface area contributed by atoms with E-state index in [1.54, 1.807) is 0 Å². The van der Waals surface area contributed by atoms with Gasteiger partial charge < -0.3 is 20.1 Å². The first kappa shape index (κ1) is 55.8. The molecular weight excluding hydrogens is 731 g/mol. The van der Waals surface area contributed by atoms with Crippen molar-refractivity contribution in [2.75, 3.05) is 52.5 Å². The Balaban J connectivity index is 2.47. The van der Waals surface area contributed by atoms with Crippen LogP contribution in [-0.2, 0) is 14.3 Å². The molecule has 1 aliphatic rings. The van der Waals surface area contributed by atoms with E-state index in [9.17, 15) is 14.7 Å². The van der Waals surface area contributed by atoms with E-state index in [1.807, 2.05) is 0 Å². The van der Waals surface area contributed by atoms with Gasteiger partial charge in [0.2, 0.25) is 5.91 Å². The quantitative estimate of drug-likeness (QED) is 0.0470. The van der Waals surface area contributed by atoms with E-state index in [2.05, 4.69) is 42.8 Å². The average molecular weight is 834 g/mol. The van der Waals surface area contributed by atoms with Crippen molar-refractivity contribution in [1.82, 2.24) is 15.1 Å². The highest BCUT2D eigenvalue weighted by atomic mass is 16.5.